The van der Waals surface area contributed by atoms with E-state index in [9.17, 15) is 4.79 Å². The lowest BCUT2D eigenvalue weighted by molar-refractivity contribution is 0.410. The summed E-state index contributed by atoms with van der Waals surface area (Å²) in [6.45, 7) is 3.64. The predicted octanol–water partition coefficient (Wildman–Crippen LogP) is 2.43. The van der Waals surface area contributed by atoms with Crippen molar-refractivity contribution in [3.8, 4) is 0 Å². The number of aliphatic imine (C=N–C) groups is 1. The molecule has 2 N–H and O–H groups in total. The van der Waals surface area contributed by atoms with Crippen molar-refractivity contribution in [2.75, 3.05) is 13.6 Å². The van der Waals surface area contributed by atoms with Crippen molar-refractivity contribution in [1.82, 2.24) is 15.2 Å². The first kappa shape index (κ1) is 17.6. The van der Waals surface area contributed by atoms with E-state index in [2.05, 4.69) is 15.6 Å². The summed E-state index contributed by atoms with van der Waals surface area (Å²) in [5, 5.41) is 6.90. The minimum Gasteiger partial charge on any atom is -0.356 e. The lowest BCUT2D eigenvalue weighted by Crippen LogP contribution is -2.44. The van der Waals surface area contributed by atoms with Crippen LogP contribution in [0.5, 0.6) is 0 Å². The Morgan fingerprint density at radius 2 is 2.04 bits per heavy atom. The summed E-state index contributed by atoms with van der Waals surface area (Å²) < 4.78 is 1.84. The molecular formula is C18H30N4O. The predicted molar refractivity (Wildman–Crippen MR) is 96.0 cm³/mol. The molecule has 1 aromatic rings. The fourth-order valence-corrected chi connectivity index (χ4v) is 3.15. The molecule has 0 unspecified atom stereocenters. The fourth-order valence-electron chi connectivity index (χ4n) is 3.15. The normalized spacial score (nSPS) is 16.3. The number of pyridine rings is 1. The van der Waals surface area contributed by atoms with E-state index >= 15 is 0 Å². The summed E-state index contributed by atoms with van der Waals surface area (Å²) in [7, 11) is 1.82. The summed E-state index contributed by atoms with van der Waals surface area (Å²) in [4.78, 5) is 16.1. The van der Waals surface area contributed by atoms with Gasteiger partial charge in [-0.15, -0.1) is 0 Å². The highest BCUT2D eigenvalue weighted by Crippen LogP contribution is 2.17. The average Bonchev–Trinajstić information content (AvgIpc) is 2.56. The Balaban J connectivity index is 1.66. The molecule has 1 fully saturated rings. The lowest BCUT2D eigenvalue weighted by Gasteiger charge is -2.24. The zero-order chi connectivity index (χ0) is 16.5. The molecule has 0 radical (unpaired) electrons. The fraction of sp³-hybridized carbons (Fsp3) is 0.667. The molecule has 2 rings (SSSR count). The van der Waals surface area contributed by atoms with Crippen LogP contribution in [-0.2, 0) is 6.54 Å². The molecule has 5 nitrogen and oxygen atoms in total. The van der Waals surface area contributed by atoms with E-state index in [4.69, 9.17) is 0 Å². The van der Waals surface area contributed by atoms with Gasteiger partial charge in [-0.05, 0) is 38.7 Å². The Bertz CT molecular complexity index is 558. The zero-order valence-electron chi connectivity index (χ0n) is 14.5. The van der Waals surface area contributed by atoms with Crippen LogP contribution in [0.4, 0.5) is 0 Å². The highest BCUT2D eigenvalue weighted by Gasteiger charge is 2.14. The Kier molecular flexibility index (Phi) is 7.17. The molecule has 0 amide bonds. The van der Waals surface area contributed by atoms with Gasteiger partial charge in [-0.25, -0.2) is 0 Å². The van der Waals surface area contributed by atoms with Crippen molar-refractivity contribution in [2.45, 2.75) is 64.5 Å². The molecule has 0 atom stereocenters. The molecule has 0 aliphatic heterocycles. The maximum atomic E-state index is 11.8. The van der Waals surface area contributed by atoms with Gasteiger partial charge in [-0.3, -0.25) is 9.79 Å². The second-order valence-corrected chi connectivity index (χ2v) is 6.34. The zero-order valence-corrected chi connectivity index (χ0v) is 14.5. The number of hydrogen-bond acceptors (Lipinski definition) is 2. The van der Waals surface area contributed by atoms with Crippen molar-refractivity contribution in [2.24, 2.45) is 4.99 Å². The molecule has 1 aliphatic rings. The molecule has 1 aromatic heterocycles. The Labute approximate surface area is 139 Å². The number of aryl methyl sites for hydroxylation is 1. The monoisotopic (exact) mass is 318 g/mol. The van der Waals surface area contributed by atoms with Crippen LogP contribution in [-0.4, -0.2) is 30.2 Å². The molecule has 0 spiro atoms. The van der Waals surface area contributed by atoms with Gasteiger partial charge in [0.2, 0.25) is 0 Å². The van der Waals surface area contributed by atoms with Crippen molar-refractivity contribution < 1.29 is 0 Å². The number of nitrogens with zero attached hydrogens (tertiary/aromatic N) is 2. The van der Waals surface area contributed by atoms with Gasteiger partial charge in [0, 0.05) is 37.9 Å². The average molecular weight is 318 g/mol. The number of unbranched alkanes of at least 4 members (excludes halogenated alkanes) is 1. The van der Waals surface area contributed by atoms with Crippen LogP contribution in [0.2, 0.25) is 0 Å². The van der Waals surface area contributed by atoms with Crippen LogP contribution >= 0.6 is 0 Å². The van der Waals surface area contributed by atoms with Crippen LogP contribution in [0.15, 0.2) is 28.0 Å². The van der Waals surface area contributed by atoms with Crippen LogP contribution in [0.1, 0.15) is 50.6 Å². The number of hydrogen-bond donors (Lipinski definition) is 2. The standard InChI is InChI=1S/C18H30N4O/c1-15-9-8-12-17(23)22(15)14-7-6-13-20-18(19-2)21-16-10-4-3-5-11-16/h8-9,12,16H,3-7,10-11,13-14H2,1-2H3,(H2,19,20,21). The maximum Gasteiger partial charge on any atom is 0.250 e. The van der Waals surface area contributed by atoms with Gasteiger partial charge in [-0.1, -0.05) is 25.3 Å². The molecular weight excluding hydrogens is 288 g/mol. The van der Waals surface area contributed by atoms with Crippen LogP contribution in [0.25, 0.3) is 0 Å². The maximum absolute atomic E-state index is 11.8. The molecule has 0 saturated heterocycles. The number of rotatable bonds is 6. The summed E-state index contributed by atoms with van der Waals surface area (Å²) in [5.74, 6) is 0.907. The van der Waals surface area contributed by atoms with Crippen LogP contribution in [0, 0.1) is 6.92 Å². The van der Waals surface area contributed by atoms with Gasteiger partial charge >= 0.3 is 0 Å². The second-order valence-electron chi connectivity index (χ2n) is 6.34. The topological polar surface area (TPSA) is 58.4 Å². The quantitative estimate of drug-likeness (QED) is 0.481. The first-order valence-electron chi connectivity index (χ1n) is 8.84. The summed E-state index contributed by atoms with van der Waals surface area (Å²) >= 11 is 0. The van der Waals surface area contributed by atoms with Gasteiger partial charge in [0.25, 0.3) is 5.56 Å². The van der Waals surface area contributed by atoms with Crippen molar-refractivity contribution in [3.05, 3.63) is 34.2 Å². The Hall–Kier alpha value is -1.78. The Morgan fingerprint density at radius 1 is 1.26 bits per heavy atom. The van der Waals surface area contributed by atoms with Gasteiger partial charge in [0.1, 0.15) is 0 Å². The first-order chi connectivity index (χ1) is 11.2. The van der Waals surface area contributed by atoms with E-state index in [-0.39, 0.29) is 5.56 Å². The largest absolute Gasteiger partial charge is 0.356 e. The SMILES string of the molecule is CN=C(NCCCCn1c(C)cccc1=O)NC1CCCCC1. The van der Waals surface area contributed by atoms with E-state index in [1.54, 1.807) is 6.07 Å². The number of aromatic nitrogens is 1. The number of guanidine groups is 1. The van der Waals surface area contributed by atoms with E-state index in [0.29, 0.717) is 6.04 Å². The molecule has 0 bridgehead atoms. The minimum absolute atomic E-state index is 0.0905. The van der Waals surface area contributed by atoms with Gasteiger partial charge in [0.05, 0.1) is 0 Å². The van der Waals surface area contributed by atoms with Gasteiger partial charge < -0.3 is 15.2 Å². The van der Waals surface area contributed by atoms with Gasteiger partial charge in [0.15, 0.2) is 5.96 Å². The van der Waals surface area contributed by atoms with Crippen LogP contribution in [0.3, 0.4) is 0 Å². The third kappa shape index (κ3) is 5.73. The van der Waals surface area contributed by atoms with Crippen molar-refractivity contribution in [1.29, 1.82) is 0 Å². The molecule has 23 heavy (non-hydrogen) atoms. The third-order valence-electron chi connectivity index (χ3n) is 4.54. The summed E-state index contributed by atoms with van der Waals surface area (Å²) in [6.07, 6.45) is 8.50. The third-order valence-corrected chi connectivity index (χ3v) is 4.54. The highest BCUT2D eigenvalue weighted by atomic mass is 16.1. The van der Waals surface area contributed by atoms with Gasteiger partial charge in [-0.2, -0.15) is 0 Å². The molecule has 0 aromatic carbocycles. The smallest absolute Gasteiger partial charge is 0.250 e. The van der Waals surface area contributed by atoms with Crippen molar-refractivity contribution >= 4 is 5.96 Å². The molecule has 1 aliphatic carbocycles. The minimum atomic E-state index is 0.0905. The summed E-state index contributed by atoms with van der Waals surface area (Å²) in [5.41, 5.74) is 1.12. The van der Waals surface area contributed by atoms with E-state index in [1.165, 1.54) is 32.1 Å². The summed E-state index contributed by atoms with van der Waals surface area (Å²) in [6, 6.07) is 5.99. The second kappa shape index (κ2) is 9.38. The highest BCUT2D eigenvalue weighted by molar-refractivity contribution is 5.79. The Morgan fingerprint density at radius 3 is 2.74 bits per heavy atom. The van der Waals surface area contributed by atoms with E-state index in [1.807, 2.05) is 30.7 Å². The molecule has 128 valence electrons. The van der Waals surface area contributed by atoms with Crippen molar-refractivity contribution in [3.63, 3.8) is 0 Å². The van der Waals surface area contributed by atoms with Crippen LogP contribution < -0.4 is 16.2 Å². The van der Waals surface area contributed by atoms with E-state index in [0.717, 1.165) is 37.6 Å². The molecule has 5 heteroatoms. The number of nitrogens with one attached hydrogen (secondary N) is 2. The van der Waals surface area contributed by atoms with E-state index < -0.39 is 0 Å². The molecule has 1 saturated carbocycles. The first-order valence-corrected chi connectivity index (χ1v) is 8.84. The molecule has 1 heterocycles. The lowest BCUT2D eigenvalue weighted by atomic mass is 9.96.